The molecular formula is C12H8ClFN4. The van der Waals surface area contributed by atoms with Crippen LogP contribution in [-0.4, -0.2) is 9.97 Å². The monoisotopic (exact) mass is 262 g/mol. The van der Waals surface area contributed by atoms with Crippen molar-refractivity contribution >= 4 is 23.2 Å². The molecule has 0 bridgehead atoms. The lowest BCUT2D eigenvalue weighted by Crippen LogP contribution is -1.99. The molecule has 4 nitrogen and oxygen atoms in total. The molecule has 1 heterocycles. The second kappa shape index (κ2) is 5.43. The van der Waals surface area contributed by atoms with Crippen molar-refractivity contribution < 1.29 is 4.39 Å². The van der Waals surface area contributed by atoms with Gasteiger partial charge in [-0.3, -0.25) is 0 Å². The van der Waals surface area contributed by atoms with E-state index in [0.717, 1.165) is 0 Å². The summed E-state index contributed by atoms with van der Waals surface area (Å²) in [4.78, 5) is 8.13. The van der Waals surface area contributed by atoms with E-state index < -0.39 is 5.82 Å². The predicted octanol–water partition coefficient (Wildman–Crippen LogP) is 3.08. The second-order valence-electron chi connectivity index (χ2n) is 3.46. The van der Waals surface area contributed by atoms with E-state index in [1.165, 1.54) is 18.2 Å². The molecule has 0 radical (unpaired) electrons. The van der Waals surface area contributed by atoms with Crippen LogP contribution in [0.1, 0.15) is 5.69 Å². The molecule has 0 aliphatic rings. The smallest absolute Gasteiger partial charge is 0.227 e. The lowest BCUT2D eigenvalue weighted by molar-refractivity contribution is 0.628. The van der Waals surface area contributed by atoms with Crippen molar-refractivity contribution in [1.82, 2.24) is 9.97 Å². The van der Waals surface area contributed by atoms with Gasteiger partial charge in [0, 0.05) is 11.9 Å². The fourth-order valence-electron chi connectivity index (χ4n) is 1.34. The molecule has 6 heteroatoms. The summed E-state index contributed by atoms with van der Waals surface area (Å²) >= 11 is 5.66. The Morgan fingerprint density at radius 3 is 2.94 bits per heavy atom. The van der Waals surface area contributed by atoms with Crippen molar-refractivity contribution in [2.24, 2.45) is 0 Å². The first-order valence-electron chi connectivity index (χ1n) is 5.10. The van der Waals surface area contributed by atoms with E-state index in [2.05, 4.69) is 15.3 Å². The highest BCUT2D eigenvalue weighted by atomic mass is 35.5. The molecule has 0 fully saturated rings. The van der Waals surface area contributed by atoms with E-state index >= 15 is 0 Å². The number of halogens is 2. The normalized spacial score (nSPS) is 9.83. The molecule has 0 unspecified atom stereocenters. The van der Waals surface area contributed by atoms with Crippen LogP contribution in [0.5, 0.6) is 0 Å². The van der Waals surface area contributed by atoms with E-state index in [1.54, 1.807) is 12.3 Å². The third kappa shape index (κ3) is 2.93. The molecule has 0 spiro atoms. The Balaban J connectivity index is 2.20. The number of nitrogens with zero attached hydrogens (tertiary/aromatic N) is 3. The molecule has 0 saturated carbocycles. The molecule has 0 atom stereocenters. The fourth-order valence-corrected chi connectivity index (χ4v) is 1.52. The van der Waals surface area contributed by atoms with E-state index in [9.17, 15) is 4.39 Å². The lowest BCUT2D eigenvalue weighted by Gasteiger charge is -2.06. The molecule has 1 N–H and O–H groups in total. The van der Waals surface area contributed by atoms with Gasteiger partial charge in [0.15, 0.2) is 0 Å². The fraction of sp³-hybridized carbons (Fsp3) is 0.0833. The molecule has 1 aromatic heterocycles. The van der Waals surface area contributed by atoms with Crippen molar-refractivity contribution in [2.45, 2.75) is 6.42 Å². The summed E-state index contributed by atoms with van der Waals surface area (Å²) in [6, 6.07) is 7.89. The number of anilines is 2. The molecule has 1 aromatic carbocycles. The van der Waals surface area contributed by atoms with Crippen molar-refractivity contribution in [3.05, 3.63) is 47.0 Å². The average Bonchev–Trinajstić information content (AvgIpc) is 2.35. The number of hydrogen-bond acceptors (Lipinski definition) is 4. The molecule has 2 aromatic rings. The van der Waals surface area contributed by atoms with Crippen LogP contribution in [0.4, 0.5) is 16.0 Å². The maximum absolute atomic E-state index is 13.0. The average molecular weight is 263 g/mol. The Morgan fingerprint density at radius 1 is 1.39 bits per heavy atom. The van der Waals surface area contributed by atoms with Crippen LogP contribution in [0.2, 0.25) is 5.02 Å². The summed E-state index contributed by atoms with van der Waals surface area (Å²) in [5, 5.41) is 11.5. The lowest BCUT2D eigenvalue weighted by atomic mass is 10.3. The quantitative estimate of drug-likeness (QED) is 0.923. The Labute approximate surface area is 108 Å². The Morgan fingerprint density at radius 2 is 2.22 bits per heavy atom. The highest BCUT2D eigenvalue weighted by Gasteiger charge is 2.03. The summed E-state index contributed by atoms with van der Waals surface area (Å²) < 4.78 is 13.0. The molecule has 0 aliphatic heterocycles. The number of hydrogen-bond donors (Lipinski definition) is 1. The van der Waals surface area contributed by atoms with Gasteiger partial charge >= 0.3 is 0 Å². The number of nitriles is 1. The summed E-state index contributed by atoms with van der Waals surface area (Å²) in [7, 11) is 0. The zero-order valence-corrected chi connectivity index (χ0v) is 9.95. The van der Waals surface area contributed by atoms with Crippen molar-refractivity contribution in [2.75, 3.05) is 5.32 Å². The summed E-state index contributed by atoms with van der Waals surface area (Å²) in [6.45, 7) is 0. The van der Waals surface area contributed by atoms with Crippen LogP contribution in [0, 0.1) is 17.1 Å². The first kappa shape index (κ1) is 12.3. The van der Waals surface area contributed by atoms with Gasteiger partial charge < -0.3 is 5.32 Å². The van der Waals surface area contributed by atoms with E-state index in [4.69, 9.17) is 16.9 Å². The van der Waals surface area contributed by atoms with Crippen molar-refractivity contribution in [1.29, 1.82) is 5.26 Å². The molecule has 0 amide bonds. The van der Waals surface area contributed by atoms with Gasteiger partial charge in [0.25, 0.3) is 0 Å². The topological polar surface area (TPSA) is 61.6 Å². The zero-order chi connectivity index (χ0) is 13.0. The van der Waals surface area contributed by atoms with E-state index in [0.29, 0.717) is 17.3 Å². The minimum atomic E-state index is -0.485. The highest BCUT2D eigenvalue weighted by Crippen LogP contribution is 2.21. The van der Waals surface area contributed by atoms with Gasteiger partial charge in [-0.15, -0.1) is 0 Å². The Kier molecular flexibility index (Phi) is 3.70. The van der Waals surface area contributed by atoms with Gasteiger partial charge in [0.05, 0.1) is 23.2 Å². The maximum Gasteiger partial charge on any atom is 0.227 e. The number of benzene rings is 1. The number of rotatable bonds is 3. The van der Waals surface area contributed by atoms with Gasteiger partial charge in [-0.1, -0.05) is 11.6 Å². The summed E-state index contributed by atoms with van der Waals surface area (Å²) in [5.41, 5.74) is 1.19. The van der Waals surface area contributed by atoms with Crippen LogP contribution in [0.25, 0.3) is 0 Å². The molecule has 0 aliphatic carbocycles. The van der Waals surface area contributed by atoms with Gasteiger partial charge in [-0.2, -0.15) is 5.26 Å². The van der Waals surface area contributed by atoms with E-state index in [1.807, 2.05) is 6.07 Å². The Hall–Kier alpha value is -2.19. The van der Waals surface area contributed by atoms with Gasteiger partial charge in [-0.05, 0) is 24.3 Å². The largest absolute Gasteiger partial charge is 0.324 e. The highest BCUT2D eigenvalue weighted by molar-refractivity contribution is 6.31. The molecule has 2 rings (SSSR count). The minimum Gasteiger partial charge on any atom is -0.324 e. The van der Waals surface area contributed by atoms with Crippen molar-refractivity contribution in [3.63, 3.8) is 0 Å². The van der Waals surface area contributed by atoms with Gasteiger partial charge in [0.1, 0.15) is 5.82 Å². The number of nitrogens with one attached hydrogen (secondary N) is 1. The SMILES string of the molecule is N#CCc1ccnc(Nc2ccc(F)c(Cl)c2)n1. The standard InChI is InChI=1S/C12H8ClFN4/c13-10-7-9(1-2-11(10)14)18-12-16-6-4-8(17-12)3-5-15/h1-2,4,6-7H,3H2,(H,16,17,18). The van der Waals surface area contributed by atoms with E-state index in [-0.39, 0.29) is 11.4 Å². The molecule has 18 heavy (non-hydrogen) atoms. The predicted molar refractivity (Wildman–Crippen MR) is 66.0 cm³/mol. The van der Waals surface area contributed by atoms with Crippen LogP contribution in [0.3, 0.4) is 0 Å². The van der Waals surface area contributed by atoms with Gasteiger partial charge in [-0.25, -0.2) is 14.4 Å². The molecular weight excluding hydrogens is 255 g/mol. The second-order valence-corrected chi connectivity index (χ2v) is 3.87. The maximum atomic E-state index is 13.0. The minimum absolute atomic E-state index is 0.0215. The van der Waals surface area contributed by atoms with Crippen molar-refractivity contribution in [3.8, 4) is 6.07 Å². The first-order valence-corrected chi connectivity index (χ1v) is 5.48. The van der Waals surface area contributed by atoms with Crippen LogP contribution < -0.4 is 5.32 Å². The Bertz CT molecular complexity index is 609. The first-order chi connectivity index (χ1) is 8.69. The molecule has 90 valence electrons. The number of aromatic nitrogens is 2. The van der Waals surface area contributed by atoms with Crippen LogP contribution in [0.15, 0.2) is 30.5 Å². The van der Waals surface area contributed by atoms with Crippen LogP contribution >= 0.6 is 11.6 Å². The molecule has 0 saturated heterocycles. The zero-order valence-electron chi connectivity index (χ0n) is 9.19. The summed E-state index contributed by atoms with van der Waals surface area (Å²) in [6.07, 6.45) is 1.76. The summed E-state index contributed by atoms with van der Waals surface area (Å²) in [5.74, 6) is -0.146. The third-order valence-electron chi connectivity index (χ3n) is 2.15. The third-order valence-corrected chi connectivity index (χ3v) is 2.44. The van der Waals surface area contributed by atoms with Gasteiger partial charge in [0.2, 0.25) is 5.95 Å². The van der Waals surface area contributed by atoms with Crippen LogP contribution in [-0.2, 0) is 6.42 Å².